The molecule has 1 aromatic heterocycles. The van der Waals surface area contributed by atoms with E-state index >= 15 is 0 Å². The van der Waals surface area contributed by atoms with Crippen molar-refractivity contribution in [3.05, 3.63) is 84.4 Å². The molecule has 4 aromatic rings. The zero-order valence-electron chi connectivity index (χ0n) is 23.0. The van der Waals surface area contributed by atoms with Crippen LogP contribution in [0.2, 0.25) is 0 Å². The van der Waals surface area contributed by atoms with Gasteiger partial charge in [0.15, 0.2) is 10.1 Å². The van der Waals surface area contributed by atoms with Crippen LogP contribution in [0, 0.1) is 0 Å². The van der Waals surface area contributed by atoms with E-state index in [1.54, 1.807) is 22.0 Å². The third-order valence-corrected chi connectivity index (χ3v) is 10.5. The maximum absolute atomic E-state index is 13.5. The molecule has 0 bridgehead atoms. The van der Waals surface area contributed by atoms with Crippen molar-refractivity contribution in [2.45, 2.75) is 30.2 Å². The second-order valence-electron chi connectivity index (χ2n) is 9.87. The number of carbonyl (C=O) groups excluding carboxylic acids is 1. The monoisotopic (exact) mass is 619 g/mol. The first-order valence-electron chi connectivity index (χ1n) is 13.5. The topological polar surface area (TPSA) is 106 Å². The summed E-state index contributed by atoms with van der Waals surface area (Å²) in [4.78, 5) is 21.0. The van der Waals surface area contributed by atoms with Crippen molar-refractivity contribution >= 4 is 77.6 Å². The molecule has 2 aliphatic rings. The normalized spacial score (nSPS) is 19.0. The average molecular weight is 620 g/mol. The largest absolute Gasteiger partial charge is 0.372 e. The minimum atomic E-state index is -4.45. The molecule has 0 saturated carbocycles. The van der Waals surface area contributed by atoms with Crippen LogP contribution < -0.4 is 14.8 Å². The van der Waals surface area contributed by atoms with Gasteiger partial charge in [-0.3, -0.25) is 14.2 Å². The van der Waals surface area contributed by atoms with Crippen LogP contribution in [0.4, 0.5) is 16.5 Å². The van der Waals surface area contributed by atoms with E-state index in [-0.39, 0.29) is 16.6 Å². The predicted octanol–water partition coefficient (Wildman–Crippen LogP) is 6.10. The van der Waals surface area contributed by atoms with Crippen LogP contribution in [0.25, 0.3) is 16.3 Å². The molecule has 6 rings (SSSR count). The summed E-state index contributed by atoms with van der Waals surface area (Å²) >= 11 is 2.86. The number of hydrogen-bond donors (Lipinski definition) is 1. The van der Waals surface area contributed by atoms with Crippen LogP contribution in [0.15, 0.2) is 88.9 Å². The summed E-state index contributed by atoms with van der Waals surface area (Å²) in [5.74, 6) is 0.103. The zero-order chi connectivity index (χ0) is 29.5. The van der Waals surface area contributed by atoms with Crippen LogP contribution in [-0.4, -0.2) is 53.4 Å². The molecule has 3 aromatic carbocycles. The lowest BCUT2D eigenvalue weighted by Crippen LogP contribution is -2.53. The SMILES string of the molecule is CCN(CC)c1ccc(/C=C/C2=NN(c3cccc(S(=O)(=O)O)c3)C3(C2)SCC(=O)N3c2nc3ccccc3s2)cc1. The number of anilines is 3. The summed E-state index contributed by atoms with van der Waals surface area (Å²) in [6, 6.07) is 22.0. The Kier molecular flexibility index (Phi) is 7.56. The van der Waals surface area contributed by atoms with Crippen LogP contribution in [-0.2, 0) is 14.9 Å². The minimum absolute atomic E-state index is 0.109. The van der Waals surface area contributed by atoms with Crippen LogP contribution in [0.1, 0.15) is 25.8 Å². The van der Waals surface area contributed by atoms with E-state index in [2.05, 4.69) is 43.0 Å². The lowest BCUT2D eigenvalue weighted by Gasteiger charge is -2.39. The van der Waals surface area contributed by atoms with Crippen LogP contribution in [0.5, 0.6) is 0 Å². The second-order valence-corrected chi connectivity index (χ2v) is 13.5. The van der Waals surface area contributed by atoms with E-state index in [1.807, 2.05) is 36.4 Å². The first-order valence-corrected chi connectivity index (χ1v) is 16.8. The zero-order valence-corrected chi connectivity index (χ0v) is 25.5. The standard InChI is InChI=1S/C30H29N5O4S3/c1-3-33(4-2)23-16-13-21(14-17-23)12-15-22-19-30(35(32-22)24-8-7-9-25(18-24)42(37,38)39)34(28(36)20-40-30)29-31-26-10-5-6-11-27(26)41-29/h5-18H,3-4,19-20H2,1-2H3,(H,37,38,39)/b15-12+. The Morgan fingerprint density at radius 3 is 2.50 bits per heavy atom. The van der Waals surface area contributed by atoms with Gasteiger partial charge in [-0.05, 0) is 68.0 Å². The molecule has 1 saturated heterocycles. The maximum atomic E-state index is 13.5. The summed E-state index contributed by atoms with van der Waals surface area (Å²) in [5, 5.41) is 7.15. The van der Waals surface area contributed by atoms with Crippen molar-refractivity contribution in [1.29, 1.82) is 0 Å². The Balaban J connectivity index is 1.40. The molecule has 12 heteroatoms. The van der Waals surface area contributed by atoms with E-state index in [9.17, 15) is 17.8 Å². The summed E-state index contributed by atoms with van der Waals surface area (Å²) in [6.45, 7) is 6.12. The molecule has 1 spiro atoms. The minimum Gasteiger partial charge on any atom is -0.372 e. The van der Waals surface area contributed by atoms with E-state index in [0.29, 0.717) is 23.0 Å². The molecular formula is C30H29N5O4S3. The van der Waals surface area contributed by atoms with Gasteiger partial charge in [0, 0.05) is 25.2 Å². The predicted molar refractivity (Wildman–Crippen MR) is 172 cm³/mol. The van der Waals surface area contributed by atoms with Gasteiger partial charge in [-0.15, -0.1) is 0 Å². The third kappa shape index (κ3) is 5.19. The van der Waals surface area contributed by atoms with Gasteiger partial charge in [-0.2, -0.15) is 13.5 Å². The molecular weight excluding hydrogens is 591 g/mol. The maximum Gasteiger partial charge on any atom is 0.294 e. The van der Waals surface area contributed by atoms with Gasteiger partial charge in [0.1, 0.15) is 0 Å². The van der Waals surface area contributed by atoms with Gasteiger partial charge >= 0.3 is 0 Å². The van der Waals surface area contributed by atoms with Gasteiger partial charge in [0.2, 0.25) is 5.91 Å². The molecule has 0 aliphatic carbocycles. The molecule has 1 fully saturated rings. The highest BCUT2D eigenvalue weighted by molar-refractivity contribution is 8.02. The summed E-state index contributed by atoms with van der Waals surface area (Å²) in [7, 11) is -4.45. The molecule has 216 valence electrons. The fraction of sp³-hybridized carbons (Fsp3) is 0.233. The Labute approximate surface area is 252 Å². The second kappa shape index (κ2) is 11.2. The lowest BCUT2D eigenvalue weighted by molar-refractivity contribution is -0.116. The van der Waals surface area contributed by atoms with Gasteiger partial charge in [-0.25, -0.2) is 9.99 Å². The first kappa shape index (κ1) is 28.4. The van der Waals surface area contributed by atoms with Gasteiger partial charge < -0.3 is 4.90 Å². The number of thiazole rings is 1. The number of hydrogen-bond acceptors (Lipinski definition) is 9. The van der Waals surface area contributed by atoms with Crippen LogP contribution in [0.3, 0.4) is 0 Å². The lowest BCUT2D eigenvalue weighted by atomic mass is 10.1. The highest BCUT2D eigenvalue weighted by Crippen LogP contribution is 2.51. The number of aromatic nitrogens is 1. The molecule has 42 heavy (non-hydrogen) atoms. The van der Waals surface area contributed by atoms with Gasteiger partial charge in [0.05, 0.1) is 32.3 Å². The Morgan fingerprint density at radius 1 is 1.02 bits per heavy atom. The van der Waals surface area contributed by atoms with Gasteiger partial charge in [0.25, 0.3) is 10.1 Å². The highest BCUT2D eigenvalue weighted by atomic mass is 32.2. The van der Waals surface area contributed by atoms with Crippen molar-refractivity contribution in [3.63, 3.8) is 0 Å². The number of allylic oxidation sites excluding steroid dienone is 1. The Morgan fingerprint density at radius 2 is 1.79 bits per heavy atom. The molecule has 2 aliphatic heterocycles. The fourth-order valence-electron chi connectivity index (χ4n) is 5.26. The third-order valence-electron chi connectivity index (χ3n) is 7.32. The average Bonchev–Trinajstić information content (AvgIpc) is 3.67. The number of thioether (sulfide) groups is 1. The number of benzene rings is 3. The van der Waals surface area contributed by atoms with E-state index < -0.39 is 15.1 Å². The highest BCUT2D eigenvalue weighted by Gasteiger charge is 2.56. The number of amides is 1. The summed E-state index contributed by atoms with van der Waals surface area (Å²) in [6.07, 6.45) is 4.30. The van der Waals surface area contributed by atoms with Crippen molar-refractivity contribution in [1.82, 2.24) is 4.98 Å². The molecule has 0 radical (unpaired) electrons. The molecule has 3 heterocycles. The molecule has 1 N–H and O–H groups in total. The number of hydrazone groups is 1. The van der Waals surface area contributed by atoms with Crippen molar-refractivity contribution < 1.29 is 17.8 Å². The molecule has 9 nitrogen and oxygen atoms in total. The number of fused-ring (bicyclic) bond motifs is 1. The molecule has 1 atom stereocenters. The van der Waals surface area contributed by atoms with Gasteiger partial charge in [-0.1, -0.05) is 59.5 Å². The van der Waals surface area contributed by atoms with E-state index in [1.165, 1.54) is 35.2 Å². The summed E-state index contributed by atoms with van der Waals surface area (Å²) < 4.78 is 34.7. The Hall–Kier alpha value is -3.71. The van der Waals surface area contributed by atoms with E-state index in [0.717, 1.165) is 34.6 Å². The number of rotatable bonds is 8. The van der Waals surface area contributed by atoms with E-state index in [4.69, 9.17) is 10.1 Å². The van der Waals surface area contributed by atoms with Crippen LogP contribution >= 0.6 is 23.1 Å². The first-order chi connectivity index (χ1) is 20.2. The number of nitrogens with zero attached hydrogens (tertiary/aromatic N) is 5. The van der Waals surface area contributed by atoms with Crippen molar-refractivity contribution in [2.75, 3.05) is 33.7 Å². The Bertz CT molecular complexity index is 1780. The van der Waals surface area contributed by atoms with Crippen molar-refractivity contribution in [2.24, 2.45) is 5.10 Å². The quantitative estimate of drug-likeness (QED) is 0.236. The smallest absolute Gasteiger partial charge is 0.294 e. The molecule has 1 amide bonds. The number of para-hydroxylation sites is 1. The fourth-order valence-corrected chi connectivity index (χ4v) is 8.20. The van der Waals surface area contributed by atoms with Crippen molar-refractivity contribution in [3.8, 4) is 0 Å². The number of carbonyl (C=O) groups is 1. The summed E-state index contributed by atoms with van der Waals surface area (Å²) in [5.41, 5.74) is 4.11. The molecule has 1 unspecified atom stereocenters.